The number of piperidine rings is 1. The Kier molecular flexibility index (Phi) is 9.57. The number of nitrogens with zero attached hydrogens (tertiary/aromatic N) is 3. The summed E-state index contributed by atoms with van der Waals surface area (Å²) >= 11 is 19.4. The molecule has 45 heavy (non-hydrogen) atoms. The molecule has 2 aliphatic rings. The lowest BCUT2D eigenvalue weighted by atomic mass is 9.72. The zero-order valence-corrected chi connectivity index (χ0v) is 27.4. The fraction of sp³-hybridized carbons (Fsp3) is 0.333. The molecule has 0 saturated carbocycles. The van der Waals surface area contributed by atoms with Gasteiger partial charge in [0.2, 0.25) is 5.91 Å². The Balaban J connectivity index is 1.40. The van der Waals surface area contributed by atoms with Gasteiger partial charge in [-0.05, 0) is 112 Å². The highest BCUT2D eigenvalue weighted by Crippen LogP contribution is 2.39. The van der Waals surface area contributed by atoms with Crippen LogP contribution in [0.5, 0.6) is 0 Å². The van der Waals surface area contributed by atoms with Crippen LogP contribution in [0.4, 0.5) is 0 Å². The van der Waals surface area contributed by atoms with E-state index in [1.54, 1.807) is 6.07 Å². The smallest absolute Gasteiger partial charge is 0.255 e. The largest absolute Gasteiger partial charge is 0.369 e. The second-order valence-electron chi connectivity index (χ2n) is 12.1. The maximum Gasteiger partial charge on any atom is 0.255 e. The topological polar surface area (TPSA) is 71.6 Å². The normalized spacial score (nSPS) is 16.6. The number of hydrogen-bond acceptors (Lipinski definition) is 3. The van der Waals surface area contributed by atoms with E-state index in [9.17, 15) is 9.59 Å². The number of likely N-dealkylation sites (tertiary alicyclic amines) is 2. The Labute approximate surface area is 279 Å². The Bertz CT molecular complexity index is 1670. The minimum absolute atomic E-state index is 0.0589. The molecular weight excluding hydrogens is 627 g/mol. The predicted octanol–water partition coefficient (Wildman–Crippen LogP) is 7.79. The Hall–Kier alpha value is -3.29. The van der Waals surface area contributed by atoms with Crippen molar-refractivity contribution in [2.45, 2.75) is 43.9 Å². The van der Waals surface area contributed by atoms with E-state index in [0.717, 1.165) is 54.3 Å². The van der Waals surface area contributed by atoms with E-state index in [2.05, 4.69) is 9.47 Å². The highest BCUT2D eigenvalue weighted by Gasteiger charge is 2.43. The van der Waals surface area contributed by atoms with Gasteiger partial charge in [-0.15, -0.1) is 0 Å². The van der Waals surface area contributed by atoms with Gasteiger partial charge in [-0.2, -0.15) is 0 Å². The van der Waals surface area contributed by atoms with Crippen LogP contribution in [0.25, 0.3) is 16.9 Å². The summed E-state index contributed by atoms with van der Waals surface area (Å²) in [5.41, 5.74) is 10.2. The van der Waals surface area contributed by atoms with Crippen molar-refractivity contribution >= 4 is 46.6 Å². The molecule has 1 aromatic heterocycles. The molecule has 2 N–H and O–H groups in total. The van der Waals surface area contributed by atoms with E-state index in [1.807, 2.05) is 77.7 Å². The molecule has 234 valence electrons. The van der Waals surface area contributed by atoms with Crippen molar-refractivity contribution in [3.63, 3.8) is 0 Å². The third kappa shape index (κ3) is 6.52. The molecule has 0 unspecified atom stereocenters. The summed E-state index contributed by atoms with van der Waals surface area (Å²) in [5, 5.41) is 1.68. The number of halogens is 3. The molecule has 2 amide bonds. The number of rotatable bonds is 9. The first kappa shape index (κ1) is 31.7. The molecule has 0 spiro atoms. The van der Waals surface area contributed by atoms with Crippen LogP contribution in [0.1, 0.15) is 53.7 Å². The molecule has 2 fully saturated rings. The van der Waals surface area contributed by atoms with Gasteiger partial charge in [0.25, 0.3) is 5.91 Å². The molecule has 6 nitrogen and oxygen atoms in total. The number of aromatic nitrogens is 1. The van der Waals surface area contributed by atoms with Crippen molar-refractivity contribution in [1.82, 2.24) is 14.4 Å². The number of carbonyl (C=O) groups is 2. The number of carbonyl (C=O) groups excluding carboxylic acids is 2. The van der Waals surface area contributed by atoms with E-state index in [1.165, 1.54) is 12.8 Å². The third-order valence-corrected chi connectivity index (χ3v) is 10.2. The second kappa shape index (κ2) is 13.6. The second-order valence-corrected chi connectivity index (χ2v) is 13.4. The van der Waals surface area contributed by atoms with Gasteiger partial charge in [-0.25, -0.2) is 0 Å². The molecule has 2 aliphatic heterocycles. The fourth-order valence-electron chi connectivity index (χ4n) is 6.94. The Morgan fingerprint density at radius 1 is 0.800 bits per heavy atom. The van der Waals surface area contributed by atoms with E-state index >= 15 is 0 Å². The van der Waals surface area contributed by atoms with Gasteiger partial charge >= 0.3 is 0 Å². The summed E-state index contributed by atoms with van der Waals surface area (Å²) in [6.07, 6.45) is 5.01. The van der Waals surface area contributed by atoms with Crippen LogP contribution in [0.15, 0.2) is 78.9 Å². The maximum absolute atomic E-state index is 14.5. The van der Waals surface area contributed by atoms with Crippen LogP contribution in [0.2, 0.25) is 15.1 Å². The van der Waals surface area contributed by atoms with Crippen molar-refractivity contribution in [1.29, 1.82) is 0 Å². The Morgan fingerprint density at radius 2 is 1.47 bits per heavy atom. The summed E-state index contributed by atoms with van der Waals surface area (Å²) in [5.74, 6) is -0.409. The SMILES string of the molecule is NC(=O)C1(c2ccccc2)CCN(C(=O)c2cc(-c3ccc(Cl)cc3Cl)n(-c3ccc(Cl)cc3)c2CCCN2CCCC2)CC1. The quantitative estimate of drug-likeness (QED) is 0.199. The van der Waals surface area contributed by atoms with E-state index in [0.29, 0.717) is 53.0 Å². The molecule has 0 radical (unpaired) electrons. The zero-order valence-electron chi connectivity index (χ0n) is 25.2. The van der Waals surface area contributed by atoms with Gasteiger partial charge in [0.05, 0.1) is 21.7 Å². The fourth-order valence-corrected chi connectivity index (χ4v) is 7.57. The number of nitrogens with two attached hydrogens (primary N) is 1. The summed E-state index contributed by atoms with van der Waals surface area (Å²) < 4.78 is 2.14. The summed E-state index contributed by atoms with van der Waals surface area (Å²) in [6.45, 7) is 4.05. The average Bonchev–Trinajstić information content (AvgIpc) is 3.70. The first-order valence-corrected chi connectivity index (χ1v) is 16.7. The van der Waals surface area contributed by atoms with Crippen LogP contribution in [-0.4, -0.2) is 58.9 Å². The molecule has 0 atom stereocenters. The molecule has 0 bridgehead atoms. The van der Waals surface area contributed by atoms with Crippen molar-refractivity contribution in [2.24, 2.45) is 5.73 Å². The zero-order chi connectivity index (χ0) is 31.6. The van der Waals surface area contributed by atoms with E-state index < -0.39 is 5.41 Å². The number of amides is 2. The monoisotopic (exact) mass is 662 g/mol. The molecular formula is C36H37Cl3N4O2. The number of hydrogen-bond donors (Lipinski definition) is 1. The van der Waals surface area contributed by atoms with Crippen molar-refractivity contribution in [3.05, 3.63) is 111 Å². The highest BCUT2D eigenvalue weighted by atomic mass is 35.5. The van der Waals surface area contributed by atoms with Crippen molar-refractivity contribution in [3.8, 4) is 16.9 Å². The number of primary amides is 1. The molecule has 6 rings (SSSR count). The summed E-state index contributed by atoms with van der Waals surface area (Å²) in [6, 6.07) is 24.7. The van der Waals surface area contributed by atoms with E-state index in [-0.39, 0.29) is 11.8 Å². The molecule has 3 aromatic carbocycles. The van der Waals surface area contributed by atoms with Gasteiger partial charge in [-0.3, -0.25) is 9.59 Å². The lowest BCUT2D eigenvalue weighted by Gasteiger charge is -2.40. The minimum Gasteiger partial charge on any atom is -0.369 e. The van der Waals surface area contributed by atoms with Crippen LogP contribution >= 0.6 is 34.8 Å². The first-order chi connectivity index (χ1) is 21.8. The van der Waals surface area contributed by atoms with Gasteiger partial charge in [0.1, 0.15) is 0 Å². The Morgan fingerprint density at radius 3 is 2.11 bits per heavy atom. The average molecular weight is 664 g/mol. The molecule has 4 aromatic rings. The molecule has 0 aliphatic carbocycles. The first-order valence-electron chi connectivity index (χ1n) is 15.6. The van der Waals surface area contributed by atoms with Gasteiger partial charge in [0, 0.05) is 40.1 Å². The lowest BCUT2D eigenvalue weighted by molar-refractivity contribution is -0.125. The minimum atomic E-state index is -0.798. The summed E-state index contributed by atoms with van der Waals surface area (Å²) in [7, 11) is 0. The molecule has 9 heteroatoms. The highest BCUT2D eigenvalue weighted by molar-refractivity contribution is 6.36. The molecule has 3 heterocycles. The summed E-state index contributed by atoms with van der Waals surface area (Å²) in [4.78, 5) is 31.7. The van der Waals surface area contributed by atoms with E-state index in [4.69, 9.17) is 40.5 Å². The third-order valence-electron chi connectivity index (χ3n) is 9.41. The van der Waals surface area contributed by atoms with Crippen LogP contribution in [0, 0.1) is 0 Å². The van der Waals surface area contributed by atoms with Gasteiger partial charge < -0.3 is 20.1 Å². The van der Waals surface area contributed by atoms with Crippen molar-refractivity contribution < 1.29 is 9.59 Å². The van der Waals surface area contributed by atoms with Crippen LogP contribution in [0.3, 0.4) is 0 Å². The van der Waals surface area contributed by atoms with Crippen LogP contribution in [-0.2, 0) is 16.6 Å². The van der Waals surface area contributed by atoms with Crippen LogP contribution < -0.4 is 5.73 Å². The predicted molar refractivity (Wildman–Crippen MR) is 183 cm³/mol. The molecule has 2 saturated heterocycles. The van der Waals surface area contributed by atoms with Gasteiger partial charge in [0.15, 0.2) is 0 Å². The number of benzene rings is 3. The van der Waals surface area contributed by atoms with Gasteiger partial charge in [-0.1, -0.05) is 65.1 Å². The van der Waals surface area contributed by atoms with Crippen molar-refractivity contribution in [2.75, 3.05) is 32.7 Å². The lowest BCUT2D eigenvalue weighted by Crippen LogP contribution is -2.51. The standard InChI is InChI=1S/C36H37Cl3N4O2/c37-26-10-13-28(14-11-26)43-32(9-6-20-41-18-4-5-19-41)30(24-33(43)29-15-12-27(38)23-31(29)39)34(44)42-21-16-36(17-22-42,35(40)45)25-7-2-1-3-8-25/h1-3,7-8,10-15,23-24H,4-6,9,16-22H2,(H2,40,45). The maximum atomic E-state index is 14.5.